The molecule has 2 aromatic rings. The number of hydrogen-bond acceptors (Lipinski definition) is 2. The van der Waals surface area contributed by atoms with Crippen LogP contribution in [0.25, 0.3) is 0 Å². The van der Waals surface area contributed by atoms with Gasteiger partial charge in [0.25, 0.3) is 0 Å². The molecule has 0 amide bonds. The van der Waals surface area contributed by atoms with Gasteiger partial charge in [-0.3, -0.25) is 9.67 Å². The van der Waals surface area contributed by atoms with E-state index in [2.05, 4.69) is 26.8 Å². The Balaban J connectivity index is 0.00000364. The number of nitrogens with zero attached hydrogens (tertiary/aromatic N) is 3. The average Bonchev–Trinajstić information content (AvgIpc) is 2.91. The minimum absolute atomic E-state index is 0. The lowest BCUT2D eigenvalue weighted by Gasteiger charge is -2.12. The average molecular weight is 491 g/mol. The van der Waals surface area contributed by atoms with Gasteiger partial charge < -0.3 is 10.6 Å². The number of aliphatic imine (C=N–C) groups is 1. The lowest BCUT2D eigenvalue weighted by atomic mass is 10.1. The van der Waals surface area contributed by atoms with Crippen molar-refractivity contribution in [3.05, 3.63) is 52.9 Å². The van der Waals surface area contributed by atoms with Crippen molar-refractivity contribution in [2.45, 2.75) is 40.2 Å². The predicted molar refractivity (Wildman–Crippen MR) is 116 cm³/mol. The minimum Gasteiger partial charge on any atom is -0.357 e. The van der Waals surface area contributed by atoms with Crippen LogP contribution >= 0.6 is 24.0 Å². The lowest BCUT2D eigenvalue weighted by molar-refractivity contribution is 0.552. The quantitative estimate of drug-likeness (QED) is 0.257. The van der Waals surface area contributed by atoms with Gasteiger partial charge in [-0.2, -0.15) is 5.10 Å². The van der Waals surface area contributed by atoms with Crippen molar-refractivity contribution >= 4 is 29.9 Å². The van der Waals surface area contributed by atoms with E-state index in [1.54, 1.807) is 0 Å². The molecule has 5 nitrogen and oxygen atoms in total. The van der Waals surface area contributed by atoms with Crippen molar-refractivity contribution < 1.29 is 8.78 Å². The Morgan fingerprint density at radius 3 is 2.48 bits per heavy atom. The maximum Gasteiger partial charge on any atom is 0.191 e. The van der Waals surface area contributed by atoms with Crippen molar-refractivity contribution in [1.82, 2.24) is 20.4 Å². The second-order valence-corrected chi connectivity index (χ2v) is 6.14. The Hall–Kier alpha value is -1.71. The van der Waals surface area contributed by atoms with Crippen LogP contribution in [0.15, 0.2) is 29.3 Å². The summed E-state index contributed by atoms with van der Waals surface area (Å²) in [6.45, 7) is 8.57. The molecule has 1 aromatic heterocycles. The van der Waals surface area contributed by atoms with Gasteiger partial charge in [-0.25, -0.2) is 8.78 Å². The number of halogens is 3. The van der Waals surface area contributed by atoms with E-state index in [1.807, 2.05) is 25.5 Å². The molecular weight excluding hydrogens is 463 g/mol. The van der Waals surface area contributed by atoms with Crippen molar-refractivity contribution in [2.75, 3.05) is 19.6 Å². The van der Waals surface area contributed by atoms with Gasteiger partial charge >= 0.3 is 0 Å². The maximum atomic E-state index is 13.6. The molecule has 1 heterocycles. The van der Waals surface area contributed by atoms with Gasteiger partial charge in [-0.15, -0.1) is 24.0 Å². The summed E-state index contributed by atoms with van der Waals surface area (Å²) in [5.74, 6) is -0.380. The van der Waals surface area contributed by atoms with Crippen LogP contribution in [0.4, 0.5) is 8.78 Å². The third kappa shape index (κ3) is 7.43. The topological polar surface area (TPSA) is 54.2 Å². The van der Waals surface area contributed by atoms with E-state index in [1.165, 1.54) is 18.2 Å². The first-order valence-corrected chi connectivity index (χ1v) is 8.97. The number of hydrogen-bond donors (Lipinski definition) is 2. The number of aromatic nitrogens is 2. The van der Waals surface area contributed by atoms with Crippen LogP contribution < -0.4 is 10.6 Å². The fourth-order valence-electron chi connectivity index (χ4n) is 2.73. The number of guanidine groups is 1. The zero-order valence-corrected chi connectivity index (χ0v) is 18.4. The molecule has 0 radical (unpaired) electrons. The highest BCUT2D eigenvalue weighted by Crippen LogP contribution is 2.12. The second-order valence-electron chi connectivity index (χ2n) is 6.14. The maximum absolute atomic E-state index is 13.6. The van der Waals surface area contributed by atoms with Gasteiger partial charge in [0.15, 0.2) is 5.96 Å². The SMILES string of the molecule is CCNC(=NCCCn1nc(C)cc1C)NCCc1c(F)cccc1F.I. The van der Waals surface area contributed by atoms with E-state index in [4.69, 9.17) is 0 Å². The van der Waals surface area contributed by atoms with Crippen molar-refractivity contribution in [2.24, 2.45) is 4.99 Å². The molecule has 2 rings (SSSR count). The summed E-state index contributed by atoms with van der Waals surface area (Å²) in [4.78, 5) is 4.51. The number of nitrogens with one attached hydrogen (secondary N) is 2. The summed E-state index contributed by atoms with van der Waals surface area (Å²) in [7, 11) is 0. The van der Waals surface area contributed by atoms with Crippen LogP contribution in [0.5, 0.6) is 0 Å². The van der Waals surface area contributed by atoms with Gasteiger partial charge in [0.2, 0.25) is 0 Å². The Labute approximate surface area is 176 Å². The monoisotopic (exact) mass is 491 g/mol. The molecule has 8 heteroatoms. The highest BCUT2D eigenvalue weighted by Gasteiger charge is 2.08. The van der Waals surface area contributed by atoms with E-state index in [0.717, 1.165) is 30.9 Å². The summed E-state index contributed by atoms with van der Waals surface area (Å²) >= 11 is 0. The molecule has 1 aromatic carbocycles. The van der Waals surface area contributed by atoms with E-state index in [9.17, 15) is 8.78 Å². The zero-order chi connectivity index (χ0) is 18.9. The fourth-order valence-corrected chi connectivity index (χ4v) is 2.73. The molecule has 0 aliphatic rings. The first-order chi connectivity index (χ1) is 12.5. The van der Waals surface area contributed by atoms with Crippen LogP contribution in [-0.4, -0.2) is 35.4 Å². The molecule has 0 saturated heterocycles. The van der Waals surface area contributed by atoms with E-state index >= 15 is 0 Å². The molecule has 2 N–H and O–H groups in total. The van der Waals surface area contributed by atoms with Crippen molar-refractivity contribution in [1.29, 1.82) is 0 Å². The first-order valence-electron chi connectivity index (χ1n) is 8.97. The van der Waals surface area contributed by atoms with Crippen LogP contribution in [-0.2, 0) is 13.0 Å². The normalized spacial score (nSPS) is 11.2. The Morgan fingerprint density at radius 1 is 1.19 bits per heavy atom. The highest BCUT2D eigenvalue weighted by molar-refractivity contribution is 14.0. The highest BCUT2D eigenvalue weighted by atomic mass is 127. The Kier molecular flexibility index (Phi) is 10.3. The lowest BCUT2D eigenvalue weighted by Crippen LogP contribution is -2.38. The molecule has 0 saturated carbocycles. The number of benzene rings is 1. The first kappa shape index (κ1) is 23.3. The van der Waals surface area contributed by atoms with E-state index < -0.39 is 11.6 Å². The van der Waals surface area contributed by atoms with Crippen molar-refractivity contribution in [3.63, 3.8) is 0 Å². The smallest absolute Gasteiger partial charge is 0.191 e. The minimum atomic E-state index is -0.515. The van der Waals surface area contributed by atoms with E-state index in [-0.39, 0.29) is 36.0 Å². The van der Waals surface area contributed by atoms with Gasteiger partial charge in [-0.05, 0) is 51.8 Å². The summed E-state index contributed by atoms with van der Waals surface area (Å²) in [6, 6.07) is 5.97. The Morgan fingerprint density at radius 2 is 1.89 bits per heavy atom. The number of rotatable bonds is 8. The third-order valence-corrected chi connectivity index (χ3v) is 3.97. The summed E-state index contributed by atoms with van der Waals surface area (Å²) in [6.07, 6.45) is 1.12. The van der Waals surface area contributed by atoms with Gasteiger partial charge in [0.1, 0.15) is 11.6 Å². The summed E-state index contributed by atoms with van der Waals surface area (Å²) in [5.41, 5.74) is 2.25. The number of aryl methyl sites for hydroxylation is 3. The van der Waals surface area contributed by atoms with Crippen LogP contribution in [0.1, 0.15) is 30.3 Å². The largest absolute Gasteiger partial charge is 0.357 e. The molecule has 0 atom stereocenters. The fraction of sp³-hybridized carbons (Fsp3) is 0.474. The molecule has 0 aliphatic carbocycles. The molecule has 150 valence electrons. The van der Waals surface area contributed by atoms with Crippen molar-refractivity contribution in [3.8, 4) is 0 Å². The predicted octanol–water partition coefficient (Wildman–Crippen LogP) is 3.58. The van der Waals surface area contributed by atoms with Crippen LogP contribution in [0.3, 0.4) is 0 Å². The molecule has 0 unspecified atom stereocenters. The third-order valence-electron chi connectivity index (χ3n) is 3.97. The zero-order valence-electron chi connectivity index (χ0n) is 16.1. The van der Waals surface area contributed by atoms with E-state index in [0.29, 0.717) is 19.0 Å². The van der Waals surface area contributed by atoms with Gasteiger partial charge in [0, 0.05) is 37.4 Å². The van der Waals surface area contributed by atoms with Crippen LogP contribution in [0, 0.1) is 25.5 Å². The molecule has 0 aliphatic heterocycles. The Bertz CT molecular complexity index is 725. The van der Waals surface area contributed by atoms with Crippen LogP contribution in [0.2, 0.25) is 0 Å². The molecule has 27 heavy (non-hydrogen) atoms. The molecule has 0 fully saturated rings. The standard InChI is InChI=1S/C19H27F2N5.HI/c1-4-22-19(23-10-6-12-26-15(3)13-14(2)25-26)24-11-9-16-17(20)7-5-8-18(16)21;/h5,7-8,13H,4,6,9-12H2,1-3H3,(H2,22,23,24);1H. The summed E-state index contributed by atoms with van der Waals surface area (Å²) in [5, 5.41) is 10.7. The second kappa shape index (κ2) is 11.9. The molecule has 0 bridgehead atoms. The van der Waals surface area contributed by atoms with Gasteiger partial charge in [0.05, 0.1) is 5.69 Å². The van der Waals surface area contributed by atoms with Gasteiger partial charge in [-0.1, -0.05) is 6.07 Å². The molecule has 0 spiro atoms. The summed E-state index contributed by atoms with van der Waals surface area (Å²) < 4.78 is 29.3. The molecular formula is C19H28F2IN5.